The monoisotopic (exact) mass is 452 g/mol. The van der Waals surface area contributed by atoms with E-state index in [0.29, 0.717) is 50.8 Å². The molecule has 2 heterocycles. The van der Waals surface area contributed by atoms with E-state index in [1.165, 1.54) is 15.2 Å². The molecule has 1 aromatic heterocycles. The summed E-state index contributed by atoms with van der Waals surface area (Å²) in [5, 5.41) is 0. The van der Waals surface area contributed by atoms with Crippen LogP contribution in [0.3, 0.4) is 0 Å². The second-order valence-electron chi connectivity index (χ2n) is 8.95. The van der Waals surface area contributed by atoms with Crippen molar-refractivity contribution in [3.05, 3.63) is 34.2 Å². The van der Waals surface area contributed by atoms with E-state index >= 15 is 0 Å². The normalized spacial score (nSPS) is 22.6. The molecule has 0 spiro atoms. The van der Waals surface area contributed by atoms with Gasteiger partial charge in [0.2, 0.25) is 11.8 Å². The predicted octanol–water partition coefficient (Wildman–Crippen LogP) is 2.47. The largest absolute Gasteiger partial charge is 0.416 e. The van der Waals surface area contributed by atoms with Crippen molar-refractivity contribution in [2.24, 2.45) is 18.9 Å². The fraction of sp³-hybridized carbons (Fsp3) is 0.591. The Hall–Kier alpha value is -2.78. The summed E-state index contributed by atoms with van der Waals surface area (Å²) in [6.07, 6.45) is -1.76. The maximum atomic E-state index is 13.2. The van der Waals surface area contributed by atoms with Crippen molar-refractivity contribution < 1.29 is 22.8 Å². The van der Waals surface area contributed by atoms with Gasteiger partial charge in [-0.15, -0.1) is 0 Å². The highest BCUT2D eigenvalue weighted by molar-refractivity contribution is 5.87. The van der Waals surface area contributed by atoms with Gasteiger partial charge >= 0.3 is 11.9 Å². The number of aryl methyl sites for hydroxylation is 1. The Morgan fingerprint density at radius 3 is 2.34 bits per heavy atom. The van der Waals surface area contributed by atoms with Gasteiger partial charge in [-0.1, -0.05) is 0 Å². The van der Waals surface area contributed by atoms with E-state index in [2.05, 4.69) is 0 Å². The van der Waals surface area contributed by atoms with E-state index in [-0.39, 0.29) is 41.4 Å². The lowest BCUT2D eigenvalue weighted by molar-refractivity contribution is -0.147. The molecule has 174 valence electrons. The Balaban J connectivity index is 1.45. The molecule has 0 N–H and O–H groups in total. The first-order valence-corrected chi connectivity index (χ1v) is 10.9. The summed E-state index contributed by atoms with van der Waals surface area (Å²) in [6.45, 7) is 1.51. The lowest BCUT2D eigenvalue weighted by atomic mass is 9.81. The second-order valence-corrected chi connectivity index (χ2v) is 8.95. The second kappa shape index (κ2) is 8.29. The van der Waals surface area contributed by atoms with Gasteiger partial charge in [-0.3, -0.25) is 18.7 Å². The molecule has 1 saturated heterocycles. The summed E-state index contributed by atoms with van der Waals surface area (Å²) in [7, 11) is 3.28. The van der Waals surface area contributed by atoms with Gasteiger partial charge in [-0.2, -0.15) is 13.2 Å². The summed E-state index contributed by atoms with van der Waals surface area (Å²) in [6, 6.07) is 3.37. The maximum Gasteiger partial charge on any atom is 0.416 e. The zero-order chi connectivity index (χ0) is 23.2. The van der Waals surface area contributed by atoms with Crippen LogP contribution in [0, 0.1) is 11.8 Å². The molecule has 0 unspecified atom stereocenters. The number of hydrogen-bond acceptors (Lipinski definition) is 3. The van der Waals surface area contributed by atoms with Gasteiger partial charge < -0.3 is 9.80 Å². The number of fused-ring (bicyclic) bond motifs is 1. The van der Waals surface area contributed by atoms with Crippen molar-refractivity contribution in [1.29, 1.82) is 0 Å². The molecule has 1 aliphatic carbocycles. The molecule has 7 nitrogen and oxygen atoms in total. The van der Waals surface area contributed by atoms with Crippen LogP contribution in [0.1, 0.15) is 31.2 Å². The zero-order valence-corrected chi connectivity index (χ0v) is 18.2. The van der Waals surface area contributed by atoms with E-state index in [4.69, 9.17) is 0 Å². The number of imidazole rings is 1. The molecule has 32 heavy (non-hydrogen) atoms. The van der Waals surface area contributed by atoms with Crippen molar-refractivity contribution in [1.82, 2.24) is 18.9 Å². The van der Waals surface area contributed by atoms with Gasteiger partial charge in [0.05, 0.1) is 23.1 Å². The van der Waals surface area contributed by atoms with E-state index in [1.54, 1.807) is 23.9 Å². The van der Waals surface area contributed by atoms with Gasteiger partial charge in [0.1, 0.15) is 0 Å². The molecule has 2 fully saturated rings. The van der Waals surface area contributed by atoms with Crippen LogP contribution in [0.15, 0.2) is 23.0 Å². The number of alkyl halides is 3. The molecule has 4 rings (SSSR count). The van der Waals surface area contributed by atoms with Crippen LogP contribution in [0.25, 0.3) is 11.0 Å². The Bertz CT molecular complexity index is 1100. The first kappa shape index (κ1) is 22.4. The Kier molecular flexibility index (Phi) is 5.81. The molecule has 1 saturated carbocycles. The standard InChI is InChI=1S/C22H27F3N4O3/c1-26-9-10-28(13-19(26)30)20(31)15-5-3-14(4-6-15)12-29-18-11-16(22(23,24)25)7-8-17(18)27(2)21(29)32/h7-8,11,14-15H,3-6,9-10,12-13H2,1-2H3. The number of piperazine rings is 1. The molecule has 1 aromatic carbocycles. The third kappa shape index (κ3) is 4.14. The van der Waals surface area contributed by atoms with E-state index in [1.807, 2.05) is 0 Å². The minimum Gasteiger partial charge on any atom is -0.342 e. The number of benzene rings is 1. The first-order chi connectivity index (χ1) is 15.1. The number of hydrogen-bond donors (Lipinski definition) is 0. The number of carbonyl (C=O) groups is 2. The topological polar surface area (TPSA) is 67.5 Å². The third-order valence-electron chi connectivity index (χ3n) is 6.88. The van der Waals surface area contributed by atoms with Crippen molar-refractivity contribution in [3.8, 4) is 0 Å². The Morgan fingerprint density at radius 1 is 1.03 bits per heavy atom. The Labute approximate surface area is 183 Å². The van der Waals surface area contributed by atoms with Gasteiger partial charge in [0.25, 0.3) is 0 Å². The van der Waals surface area contributed by atoms with Gasteiger partial charge in [-0.05, 0) is 49.8 Å². The number of halogens is 3. The van der Waals surface area contributed by atoms with Crippen LogP contribution in [0.5, 0.6) is 0 Å². The molecule has 2 amide bonds. The molecule has 10 heteroatoms. The summed E-state index contributed by atoms with van der Waals surface area (Å²) in [5.74, 6) is -0.108. The van der Waals surface area contributed by atoms with Crippen LogP contribution < -0.4 is 5.69 Å². The van der Waals surface area contributed by atoms with E-state index < -0.39 is 11.7 Å². The number of amides is 2. The number of rotatable bonds is 3. The molecule has 2 aliphatic rings. The average Bonchev–Trinajstić information content (AvgIpc) is 2.99. The zero-order valence-electron chi connectivity index (χ0n) is 18.2. The van der Waals surface area contributed by atoms with Gasteiger partial charge in [-0.25, -0.2) is 4.79 Å². The molecule has 0 atom stereocenters. The number of aromatic nitrogens is 2. The van der Waals surface area contributed by atoms with Crippen LogP contribution in [0.4, 0.5) is 13.2 Å². The minimum atomic E-state index is -4.48. The van der Waals surface area contributed by atoms with E-state index in [0.717, 1.165) is 12.1 Å². The number of nitrogens with zero attached hydrogens (tertiary/aromatic N) is 4. The van der Waals surface area contributed by atoms with Crippen molar-refractivity contribution in [2.75, 3.05) is 26.7 Å². The maximum absolute atomic E-state index is 13.2. The highest BCUT2D eigenvalue weighted by atomic mass is 19.4. The average molecular weight is 452 g/mol. The van der Waals surface area contributed by atoms with Crippen molar-refractivity contribution >= 4 is 22.8 Å². The van der Waals surface area contributed by atoms with Crippen LogP contribution >= 0.6 is 0 Å². The molecular weight excluding hydrogens is 425 g/mol. The molecular formula is C22H27F3N4O3. The van der Waals surface area contributed by atoms with E-state index in [9.17, 15) is 27.6 Å². The lowest BCUT2D eigenvalue weighted by Gasteiger charge is -2.36. The quantitative estimate of drug-likeness (QED) is 0.719. The summed E-state index contributed by atoms with van der Waals surface area (Å²) >= 11 is 0. The number of likely N-dealkylation sites (N-methyl/N-ethyl adjacent to an activating group) is 1. The fourth-order valence-electron chi connectivity index (χ4n) is 4.82. The lowest BCUT2D eigenvalue weighted by Crippen LogP contribution is -2.52. The smallest absolute Gasteiger partial charge is 0.342 e. The summed E-state index contributed by atoms with van der Waals surface area (Å²) in [5.41, 5.74) is -0.373. The highest BCUT2D eigenvalue weighted by Crippen LogP contribution is 2.34. The van der Waals surface area contributed by atoms with Crippen LogP contribution in [0.2, 0.25) is 0 Å². The number of carbonyl (C=O) groups excluding carboxylic acids is 2. The highest BCUT2D eigenvalue weighted by Gasteiger charge is 2.34. The van der Waals surface area contributed by atoms with Crippen LogP contribution in [-0.4, -0.2) is 57.4 Å². The van der Waals surface area contributed by atoms with Gasteiger partial charge in [0, 0.05) is 39.6 Å². The fourth-order valence-corrected chi connectivity index (χ4v) is 4.82. The van der Waals surface area contributed by atoms with Crippen LogP contribution in [-0.2, 0) is 29.4 Å². The minimum absolute atomic E-state index is 0.00190. The predicted molar refractivity (Wildman–Crippen MR) is 112 cm³/mol. The Morgan fingerprint density at radius 2 is 1.72 bits per heavy atom. The van der Waals surface area contributed by atoms with Crippen molar-refractivity contribution in [3.63, 3.8) is 0 Å². The third-order valence-corrected chi connectivity index (χ3v) is 6.88. The molecule has 0 bridgehead atoms. The molecule has 1 aliphatic heterocycles. The van der Waals surface area contributed by atoms with Gasteiger partial charge in [0.15, 0.2) is 0 Å². The molecule has 0 radical (unpaired) electrons. The molecule has 2 aromatic rings. The first-order valence-electron chi connectivity index (χ1n) is 10.9. The SMILES string of the molecule is CN1CCN(C(=O)C2CCC(Cn3c(=O)n(C)c4ccc(C(F)(F)F)cc43)CC2)CC1=O. The van der Waals surface area contributed by atoms with Crippen molar-refractivity contribution in [2.45, 2.75) is 38.4 Å². The summed E-state index contributed by atoms with van der Waals surface area (Å²) < 4.78 is 42.3. The summed E-state index contributed by atoms with van der Waals surface area (Å²) in [4.78, 5) is 40.7.